The molecule has 1 N–H and O–H groups in total. The molecule has 0 bridgehead atoms. The highest BCUT2D eigenvalue weighted by Gasteiger charge is 2.29. The summed E-state index contributed by atoms with van der Waals surface area (Å²) >= 11 is 1.71. The molecule has 6 nitrogen and oxygen atoms in total. The Morgan fingerprint density at radius 3 is 2.96 bits per heavy atom. The van der Waals surface area contributed by atoms with Crippen LogP contribution in [-0.4, -0.2) is 31.4 Å². The van der Waals surface area contributed by atoms with Gasteiger partial charge in [-0.25, -0.2) is 9.67 Å². The number of anilines is 1. The van der Waals surface area contributed by atoms with Gasteiger partial charge in [0.05, 0.1) is 18.2 Å². The number of nitrogens with one attached hydrogen (secondary N) is 1. The summed E-state index contributed by atoms with van der Waals surface area (Å²) in [6.07, 6.45) is 3.34. The predicted octanol–water partition coefficient (Wildman–Crippen LogP) is 2.55. The van der Waals surface area contributed by atoms with Crippen molar-refractivity contribution >= 4 is 23.6 Å². The van der Waals surface area contributed by atoms with Crippen LogP contribution < -0.4 is 5.32 Å². The Labute approximate surface area is 143 Å². The summed E-state index contributed by atoms with van der Waals surface area (Å²) in [5, 5.41) is 7.11. The number of pyridine rings is 1. The molecule has 0 fully saturated rings. The lowest BCUT2D eigenvalue weighted by atomic mass is 10.0. The van der Waals surface area contributed by atoms with Gasteiger partial charge in [-0.2, -0.15) is 0 Å². The lowest BCUT2D eigenvalue weighted by Gasteiger charge is -2.09. The van der Waals surface area contributed by atoms with Crippen LogP contribution in [0.4, 0.5) is 5.95 Å². The predicted molar refractivity (Wildman–Crippen MR) is 91.9 cm³/mol. The minimum atomic E-state index is -0.158. The fourth-order valence-electron chi connectivity index (χ4n) is 2.66. The first-order chi connectivity index (χ1) is 11.8. The minimum absolute atomic E-state index is 0.0666. The van der Waals surface area contributed by atoms with E-state index in [9.17, 15) is 4.79 Å². The fraction of sp³-hybridized carbons (Fsp3) is 0.176. The number of fused-ring (bicyclic) bond motifs is 1. The number of hydrogen-bond acceptors (Lipinski definition) is 5. The van der Waals surface area contributed by atoms with Gasteiger partial charge < -0.3 is 0 Å². The minimum Gasteiger partial charge on any atom is -0.293 e. The van der Waals surface area contributed by atoms with Gasteiger partial charge in [0.2, 0.25) is 11.9 Å². The smallest absolute Gasteiger partial charge is 0.248 e. The van der Waals surface area contributed by atoms with E-state index in [-0.39, 0.29) is 11.8 Å². The standard InChI is InChI=1S/C17H15N5OS/c23-16(14-10-24-15-7-2-1-6-13(14)15)20-17-19-11-22(21-17)9-12-5-3-4-8-18-12/h1-8,11,14H,9-10H2,(H,20,21,23). The topological polar surface area (TPSA) is 72.7 Å². The summed E-state index contributed by atoms with van der Waals surface area (Å²) < 4.78 is 1.66. The number of thioether (sulfide) groups is 1. The number of nitrogens with zero attached hydrogens (tertiary/aromatic N) is 4. The monoisotopic (exact) mass is 337 g/mol. The first-order valence-electron chi connectivity index (χ1n) is 7.61. The molecule has 1 aliphatic rings. The van der Waals surface area contributed by atoms with Crippen molar-refractivity contribution in [1.82, 2.24) is 19.7 Å². The van der Waals surface area contributed by atoms with Gasteiger partial charge in [0.1, 0.15) is 6.33 Å². The lowest BCUT2D eigenvalue weighted by Crippen LogP contribution is -2.21. The molecule has 1 aromatic carbocycles. The largest absolute Gasteiger partial charge is 0.293 e. The van der Waals surface area contributed by atoms with Gasteiger partial charge in [0, 0.05) is 16.8 Å². The average Bonchev–Trinajstić information content (AvgIpc) is 3.22. The molecule has 24 heavy (non-hydrogen) atoms. The summed E-state index contributed by atoms with van der Waals surface area (Å²) in [6.45, 7) is 0.520. The normalized spacial score (nSPS) is 15.9. The zero-order valence-electron chi connectivity index (χ0n) is 12.8. The van der Waals surface area contributed by atoms with E-state index >= 15 is 0 Å². The lowest BCUT2D eigenvalue weighted by molar-refractivity contribution is -0.117. The second kappa shape index (κ2) is 6.45. The van der Waals surface area contributed by atoms with Crippen molar-refractivity contribution in [3.63, 3.8) is 0 Å². The van der Waals surface area contributed by atoms with Crippen LogP contribution in [0.25, 0.3) is 0 Å². The summed E-state index contributed by atoms with van der Waals surface area (Å²) in [6, 6.07) is 13.7. The summed E-state index contributed by atoms with van der Waals surface area (Å²) in [5.74, 6) is 0.849. The van der Waals surface area contributed by atoms with Gasteiger partial charge in [0.25, 0.3) is 0 Å². The summed E-state index contributed by atoms with van der Waals surface area (Å²) in [4.78, 5) is 22.1. The average molecular weight is 337 g/mol. The molecule has 0 spiro atoms. The van der Waals surface area contributed by atoms with E-state index in [0.717, 1.165) is 17.0 Å². The maximum Gasteiger partial charge on any atom is 0.248 e. The van der Waals surface area contributed by atoms with Crippen molar-refractivity contribution in [2.45, 2.75) is 17.4 Å². The van der Waals surface area contributed by atoms with Crippen LogP contribution in [0.1, 0.15) is 17.2 Å². The van der Waals surface area contributed by atoms with Crippen molar-refractivity contribution < 1.29 is 4.79 Å². The molecular weight excluding hydrogens is 322 g/mol. The van der Waals surface area contributed by atoms with Crippen LogP contribution >= 0.6 is 11.8 Å². The highest BCUT2D eigenvalue weighted by molar-refractivity contribution is 7.99. The molecule has 1 aliphatic heterocycles. The zero-order chi connectivity index (χ0) is 16.4. The molecule has 4 rings (SSSR count). The Balaban J connectivity index is 1.44. The summed E-state index contributed by atoms with van der Waals surface area (Å²) in [7, 11) is 0. The van der Waals surface area contributed by atoms with E-state index in [1.54, 1.807) is 29.0 Å². The number of carbonyl (C=O) groups excluding carboxylic acids is 1. The van der Waals surface area contributed by atoms with Crippen LogP contribution in [0, 0.1) is 0 Å². The quantitative estimate of drug-likeness (QED) is 0.792. The third kappa shape index (κ3) is 3.03. The number of rotatable bonds is 4. The SMILES string of the molecule is O=C(Nc1ncn(Cc2ccccn2)n1)C1CSc2ccccc21. The van der Waals surface area contributed by atoms with Gasteiger partial charge in [-0.05, 0) is 23.8 Å². The Morgan fingerprint density at radius 1 is 1.21 bits per heavy atom. The molecule has 120 valence electrons. The first kappa shape index (κ1) is 14.9. The summed E-state index contributed by atoms with van der Waals surface area (Å²) in [5.41, 5.74) is 1.97. The molecule has 0 saturated heterocycles. The molecule has 0 radical (unpaired) electrons. The van der Waals surface area contributed by atoms with Gasteiger partial charge >= 0.3 is 0 Å². The zero-order valence-corrected chi connectivity index (χ0v) is 13.6. The molecule has 0 aliphatic carbocycles. The maximum absolute atomic E-state index is 12.5. The third-order valence-corrected chi connectivity index (χ3v) is 5.02. The van der Waals surface area contributed by atoms with Gasteiger partial charge in [-0.15, -0.1) is 16.9 Å². The number of hydrogen-bond donors (Lipinski definition) is 1. The number of amides is 1. The van der Waals surface area contributed by atoms with E-state index in [1.165, 1.54) is 4.90 Å². The van der Waals surface area contributed by atoms with Gasteiger partial charge in [0.15, 0.2) is 0 Å². The Hall–Kier alpha value is -2.67. The van der Waals surface area contributed by atoms with E-state index < -0.39 is 0 Å². The Bertz CT molecular complexity index is 864. The second-order valence-corrected chi connectivity index (χ2v) is 6.54. The molecule has 7 heteroatoms. The molecule has 1 amide bonds. The Morgan fingerprint density at radius 2 is 2.08 bits per heavy atom. The number of benzene rings is 1. The van der Waals surface area contributed by atoms with Crippen molar-refractivity contribution in [2.75, 3.05) is 11.1 Å². The van der Waals surface area contributed by atoms with Crippen molar-refractivity contribution in [1.29, 1.82) is 0 Å². The first-order valence-corrected chi connectivity index (χ1v) is 8.60. The van der Waals surface area contributed by atoms with E-state index in [0.29, 0.717) is 12.5 Å². The maximum atomic E-state index is 12.5. The highest BCUT2D eigenvalue weighted by atomic mass is 32.2. The van der Waals surface area contributed by atoms with Crippen LogP contribution in [0.3, 0.4) is 0 Å². The number of aromatic nitrogens is 4. The molecular formula is C17H15N5OS. The van der Waals surface area contributed by atoms with Gasteiger partial charge in [-0.1, -0.05) is 24.3 Å². The van der Waals surface area contributed by atoms with Crippen LogP contribution in [0.2, 0.25) is 0 Å². The van der Waals surface area contributed by atoms with E-state index in [4.69, 9.17) is 0 Å². The van der Waals surface area contributed by atoms with Crippen LogP contribution in [0.5, 0.6) is 0 Å². The molecule has 2 aromatic heterocycles. The molecule has 1 atom stereocenters. The van der Waals surface area contributed by atoms with Crippen molar-refractivity contribution in [3.05, 3.63) is 66.2 Å². The van der Waals surface area contributed by atoms with Gasteiger partial charge in [-0.3, -0.25) is 15.1 Å². The van der Waals surface area contributed by atoms with E-state index in [1.807, 2.05) is 42.5 Å². The van der Waals surface area contributed by atoms with Crippen LogP contribution in [0.15, 0.2) is 59.9 Å². The van der Waals surface area contributed by atoms with E-state index in [2.05, 4.69) is 20.4 Å². The molecule has 1 unspecified atom stereocenters. The van der Waals surface area contributed by atoms with Crippen molar-refractivity contribution in [2.24, 2.45) is 0 Å². The second-order valence-electron chi connectivity index (χ2n) is 5.48. The fourth-order valence-corrected chi connectivity index (χ4v) is 3.89. The molecule has 0 saturated carbocycles. The highest BCUT2D eigenvalue weighted by Crippen LogP contribution is 2.39. The molecule has 3 heterocycles. The molecule has 3 aromatic rings. The number of carbonyl (C=O) groups is 1. The van der Waals surface area contributed by atoms with Crippen molar-refractivity contribution in [3.8, 4) is 0 Å². The third-order valence-electron chi connectivity index (χ3n) is 3.84. The Kier molecular flexibility index (Phi) is 4.00. The van der Waals surface area contributed by atoms with Crippen LogP contribution in [-0.2, 0) is 11.3 Å².